The summed E-state index contributed by atoms with van der Waals surface area (Å²) in [4.78, 5) is 2.64. The predicted octanol–water partition coefficient (Wildman–Crippen LogP) is 3.34. The molecule has 92 valence electrons. The molecule has 0 radical (unpaired) electrons. The summed E-state index contributed by atoms with van der Waals surface area (Å²) in [5.74, 6) is 0. The maximum Gasteiger partial charge on any atom is 0.0662 e. The minimum absolute atomic E-state index is 0.230. The van der Waals surface area contributed by atoms with Crippen molar-refractivity contribution in [2.24, 2.45) is 0 Å². The molecule has 0 bridgehead atoms. The Labute approximate surface area is 110 Å². The van der Waals surface area contributed by atoms with Gasteiger partial charge in [-0.15, -0.1) is 22.7 Å². The number of thiophene rings is 2. The normalized spacial score (nSPS) is 12.8. The molecule has 2 aromatic rings. The molecular weight excluding hydrogens is 250 g/mol. The van der Waals surface area contributed by atoms with Crippen LogP contribution in [0, 0.1) is 0 Å². The molecule has 0 saturated heterocycles. The first-order valence-electron chi connectivity index (χ1n) is 5.79. The van der Waals surface area contributed by atoms with Crippen LogP contribution >= 0.6 is 22.7 Å². The summed E-state index contributed by atoms with van der Waals surface area (Å²) < 4.78 is 0. The van der Waals surface area contributed by atoms with Crippen molar-refractivity contribution in [2.45, 2.75) is 26.0 Å². The molecule has 2 nitrogen and oxygen atoms in total. The zero-order chi connectivity index (χ0) is 12.1. The smallest absolute Gasteiger partial charge is 0.0662 e. The highest BCUT2D eigenvalue weighted by Gasteiger charge is 2.04. The lowest BCUT2D eigenvalue weighted by molar-refractivity contribution is 0.167. The molecule has 2 heterocycles. The summed E-state index contributed by atoms with van der Waals surface area (Å²) in [6.45, 7) is 3.50. The second-order valence-electron chi connectivity index (χ2n) is 3.97. The number of aliphatic hydroxyl groups excluding tert-OH is 1. The average Bonchev–Trinajstić information content (AvgIpc) is 2.98. The molecule has 0 saturated carbocycles. The van der Waals surface area contributed by atoms with Crippen LogP contribution in [-0.4, -0.2) is 17.8 Å². The van der Waals surface area contributed by atoms with E-state index in [1.807, 2.05) is 6.92 Å². The van der Waals surface area contributed by atoms with Gasteiger partial charge >= 0.3 is 0 Å². The lowest BCUT2D eigenvalue weighted by atomic mass is 10.2. The molecule has 1 atom stereocenters. The molecule has 2 aromatic heterocycles. The van der Waals surface area contributed by atoms with E-state index in [1.54, 1.807) is 22.7 Å². The van der Waals surface area contributed by atoms with Gasteiger partial charge in [-0.25, -0.2) is 0 Å². The van der Waals surface area contributed by atoms with Crippen molar-refractivity contribution in [3.8, 4) is 10.4 Å². The topological polar surface area (TPSA) is 32.3 Å². The summed E-state index contributed by atoms with van der Waals surface area (Å²) >= 11 is 3.54. The van der Waals surface area contributed by atoms with Gasteiger partial charge in [-0.05, 0) is 29.3 Å². The quantitative estimate of drug-likeness (QED) is 0.841. The van der Waals surface area contributed by atoms with Gasteiger partial charge in [-0.3, -0.25) is 0 Å². The van der Waals surface area contributed by atoms with Gasteiger partial charge in [0.15, 0.2) is 0 Å². The first-order chi connectivity index (χ1) is 8.29. The molecule has 0 aliphatic rings. The molecule has 2 N–H and O–H groups in total. The van der Waals surface area contributed by atoms with Gasteiger partial charge in [0.2, 0.25) is 0 Å². The maximum atomic E-state index is 9.43. The Kier molecular flexibility index (Phi) is 4.74. The minimum atomic E-state index is -0.230. The van der Waals surface area contributed by atoms with Gasteiger partial charge in [0.25, 0.3) is 0 Å². The minimum Gasteiger partial charge on any atom is -0.392 e. The van der Waals surface area contributed by atoms with E-state index in [9.17, 15) is 5.11 Å². The molecule has 1 unspecified atom stereocenters. The van der Waals surface area contributed by atoms with E-state index in [-0.39, 0.29) is 6.10 Å². The fraction of sp³-hybridized carbons (Fsp3) is 0.385. The van der Waals surface area contributed by atoms with Crippen molar-refractivity contribution in [3.63, 3.8) is 0 Å². The molecule has 4 heteroatoms. The highest BCUT2D eigenvalue weighted by atomic mass is 32.1. The Bertz CT molecular complexity index is 436. The van der Waals surface area contributed by atoms with Crippen molar-refractivity contribution in [1.82, 2.24) is 5.32 Å². The summed E-state index contributed by atoms with van der Waals surface area (Å²) in [5.41, 5.74) is 1.30. The number of hydrogen-bond donors (Lipinski definition) is 2. The molecule has 17 heavy (non-hydrogen) atoms. The fourth-order valence-corrected chi connectivity index (χ4v) is 3.19. The molecule has 0 aliphatic carbocycles. The molecule has 0 aliphatic heterocycles. The molecule has 0 amide bonds. The van der Waals surface area contributed by atoms with Crippen molar-refractivity contribution in [2.75, 3.05) is 6.54 Å². The van der Waals surface area contributed by atoms with E-state index in [4.69, 9.17) is 0 Å². The molecule has 2 rings (SSSR count). The van der Waals surface area contributed by atoms with Crippen LogP contribution in [0.4, 0.5) is 0 Å². The van der Waals surface area contributed by atoms with Gasteiger partial charge in [0.1, 0.15) is 0 Å². The van der Waals surface area contributed by atoms with Crippen LogP contribution in [0.3, 0.4) is 0 Å². The lowest BCUT2D eigenvalue weighted by Gasteiger charge is -2.07. The number of hydrogen-bond acceptors (Lipinski definition) is 4. The fourth-order valence-electron chi connectivity index (χ4n) is 1.55. The highest BCUT2D eigenvalue weighted by molar-refractivity contribution is 7.14. The van der Waals surface area contributed by atoms with Gasteiger partial charge in [-0.1, -0.05) is 13.0 Å². The van der Waals surface area contributed by atoms with Gasteiger partial charge < -0.3 is 10.4 Å². The van der Waals surface area contributed by atoms with Crippen molar-refractivity contribution < 1.29 is 5.11 Å². The number of aliphatic hydroxyl groups is 1. The van der Waals surface area contributed by atoms with E-state index in [0.29, 0.717) is 6.54 Å². The van der Waals surface area contributed by atoms with Crippen molar-refractivity contribution >= 4 is 22.7 Å². The summed E-state index contributed by atoms with van der Waals surface area (Å²) in [7, 11) is 0. The van der Waals surface area contributed by atoms with Crippen LogP contribution in [0.15, 0.2) is 29.0 Å². The van der Waals surface area contributed by atoms with Crippen LogP contribution < -0.4 is 5.32 Å². The Morgan fingerprint density at radius 2 is 2.29 bits per heavy atom. The number of nitrogens with one attached hydrogen (secondary N) is 1. The second kappa shape index (κ2) is 6.31. The zero-order valence-electron chi connectivity index (χ0n) is 9.85. The Hall–Kier alpha value is -0.680. The van der Waals surface area contributed by atoms with Crippen LogP contribution in [0.1, 0.15) is 18.2 Å². The molecular formula is C13H17NOS2. The third-order valence-corrected chi connectivity index (χ3v) is 4.47. The second-order valence-corrected chi connectivity index (χ2v) is 5.92. The average molecular weight is 267 g/mol. The van der Waals surface area contributed by atoms with E-state index in [1.165, 1.54) is 15.3 Å². The van der Waals surface area contributed by atoms with E-state index in [0.717, 1.165) is 13.0 Å². The van der Waals surface area contributed by atoms with E-state index < -0.39 is 0 Å². The van der Waals surface area contributed by atoms with Gasteiger partial charge in [-0.2, -0.15) is 0 Å². The van der Waals surface area contributed by atoms with E-state index >= 15 is 0 Å². The zero-order valence-corrected chi connectivity index (χ0v) is 11.5. The van der Waals surface area contributed by atoms with Crippen LogP contribution in [-0.2, 0) is 6.54 Å². The van der Waals surface area contributed by atoms with Gasteiger partial charge in [0.05, 0.1) is 6.10 Å². The van der Waals surface area contributed by atoms with E-state index in [2.05, 4.69) is 34.3 Å². The van der Waals surface area contributed by atoms with Crippen molar-refractivity contribution in [1.29, 1.82) is 0 Å². The predicted molar refractivity (Wildman–Crippen MR) is 75.6 cm³/mol. The van der Waals surface area contributed by atoms with Crippen LogP contribution in [0.25, 0.3) is 10.4 Å². The van der Waals surface area contributed by atoms with Crippen LogP contribution in [0.2, 0.25) is 0 Å². The molecule has 0 aromatic carbocycles. The van der Waals surface area contributed by atoms with Gasteiger partial charge in [0, 0.05) is 28.4 Å². The standard InChI is InChI=1S/C13H17NOS2/c1-2-11(15)7-14-8-12-6-10(9-17-12)13-4-3-5-16-13/h3-6,9,11,14-15H,2,7-8H2,1H3. The largest absolute Gasteiger partial charge is 0.392 e. The maximum absolute atomic E-state index is 9.43. The third-order valence-electron chi connectivity index (χ3n) is 2.61. The highest BCUT2D eigenvalue weighted by Crippen LogP contribution is 2.29. The third kappa shape index (κ3) is 3.64. The Morgan fingerprint density at radius 1 is 1.41 bits per heavy atom. The SMILES string of the molecule is CCC(O)CNCc1cc(-c2cccs2)cs1. The molecule has 0 spiro atoms. The monoisotopic (exact) mass is 267 g/mol. The Morgan fingerprint density at radius 3 is 3.00 bits per heavy atom. The first kappa shape index (κ1) is 12.8. The first-order valence-corrected chi connectivity index (χ1v) is 7.55. The number of rotatable bonds is 6. The van der Waals surface area contributed by atoms with Crippen molar-refractivity contribution in [3.05, 3.63) is 33.8 Å². The summed E-state index contributed by atoms with van der Waals surface area (Å²) in [6, 6.07) is 6.44. The molecule has 0 fully saturated rings. The van der Waals surface area contributed by atoms with Crippen LogP contribution in [0.5, 0.6) is 0 Å². The summed E-state index contributed by atoms with van der Waals surface area (Å²) in [6.07, 6.45) is 0.574. The summed E-state index contributed by atoms with van der Waals surface area (Å²) in [5, 5.41) is 17.0. The Balaban J connectivity index is 1.87. The lowest BCUT2D eigenvalue weighted by Crippen LogP contribution is -2.25.